The van der Waals surface area contributed by atoms with Crippen molar-refractivity contribution in [2.24, 2.45) is 5.10 Å². The Morgan fingerprint density at radius 3 is 2.80 bits per heavy atom. The fraction of sp³-hybridized carbons (Fsp3) is 0.227. The highest BCUT2D eigenvalue weighted by Gasteiger charge is 2.08. The summed E-state index contributed by atoms with van der Waals surface area (Å²) >= 11 is 1.37. The number of hydrogen-bond acceptors (Lipinski definition) is 8. The molecule has 0 radical (unpaired) electrons. The van der Waals surface area contributed by atoms with Crippen LogP contribution in [0, 0.1) is 0 Å². The Morgan fingerprint density at radius 2 is 2.03 bits per heavy atom. The van der Waals surface area contributed by atoms with Gasteiger partial charge in [0.2, 0.25) is 5.13 Å². The number of aromatic nitrogens is 1. The Kier molecular flexibility index (Phi) is 7.79. The van der Waals surface area contributed by atoms with Crippen molar-refractivity contribution in [3.63, 3.8) is 0 Å². The summed E-state index contributed by atoms with van der Waals surface area (Å²) in [6, 6.07) is 15.5. The molecule has 1 N–H and O–H groups in total. The molecular formula is C22H23N3O4S. The van der Waals surface area contributed by atoms with E-state index < -0.39 is 0 Å². The molecular weight excluding hydrogens is 402 g/mol. The van der Waals surface area contributed by atoms with Gasteiger partial charge < -0.3 is 14.2 Å². The van der Waals surface area contributed by atoms with E-state index >= 15 is 0 Å². The third-order valence-corrected chi connectivity index (χ3v) is 4.78. The number of anilines is 1. The average molecular weight is 426 g/mol. The van der Waals surface area contributed by atoms with Gasteiger partial charge >= 0.3 is 5.97 Å². The number of nitrogens with zero attached hydrogens (tertiary/aromatic N) is 2. The molecule has 0 aliphatic rings. The van der Waals surface area contributed by atoms with Crippen LogP contribution >= 0.6 is 11.3 Å². The molecule has 7 nitrogen and oxygen atoms in total. The third-order valence-electron chi connectivity index (χ3n) is 3.98. The van der Waals surface area contributed by atoms with Gasteiger partial charge in [-0.05, 0) is 36.2 Å². The fourth-order valence-electron chi connectivity index (χ4n) is 2.58. The number of hydrogen-bond donors (Lipinski definition) is 1. The molecule has 3 rings (SSSR count). The monoisotopic (exact) mass is 425 g/mol. The van der Waals surface area contributed by atoms with E-state index in [1.165, 1.54) is 11.3 Å². The van der Waals surface area contributed by atoms with Gasteiger partial charge in [-0.25, -0.2) is 4.98 Å². The van der Waals surface area contributed by atoms with E-state index in [1.54, 1.807) is 25.6 Å². The van der Waals surface area contributed by atoms with Gasteiger partial charge in [0.15, 0.2) is 11.5 Å². The quantitative estimate of drug-likeness (QED) is 0.297. The minimum absolute atomic E-state index is 0.150. The molecule has 30 heavy (non-hydrogen) atoms. The first kappa shape index (κ1) is 21.3. The molecule has 0 saturated carbocycles. The summed E-state index contributed by atoms with van der Waals surface area (Å²) in [5.41, 5.74) is 5.45. The third kappa shape index (κ3) is 6.31. The van der Waals surface area contributed by atoms with Crippen LogP contribution in [0.2, 0.25) is 0 Å². The van der Waals surface area contributed by atoms with Gasteiger partial charge in [-0.2, -0.15) is 5.10 Å². The minimum Gasteiger partial charge on any atom is -0.493 e. The molecule has 1 aromatic heterocycles. The molecule has 0 amide bonds. The van der Waals surface area contributed by atoms with Crippen LogP contribution < -0.4 is 14.9 Å². The Hall–Kier alpha value is -3.39. The Bertz CT molecular complexity index is 989. The van der Waals surface area contributed by atoms with Crippen LogP contribution in [0.4, 0.5) is 5.13 Å². The largest absolute Gasteiger partial charge is 0.493 e. The van der Waals surface area contributed by atoms with Crippen molar-refractivity contribution in [2.45, 2.75) is 20.0 Å². The molecule has 156 valence electrons. The van der Waals surface area contributed by atoms with Gasteiger partial charge in [0.1, 0.15) is 6.61 Å². The Morgan fingerprint density at radius 1 is 1.20 bits per heavy atom. The van der Waals surface area contributed by atoms with Gasteiger partial charge in [0, 0.05) is 5.38 Å². The van der Waals surface area contributed by atoms with E-state index in [1.807, 2.05) is 48.5 Å². The standard InChI is InChI=1S/C22H23N3O4S/c1-3-28-21(26)12-18-15-30-22(24-18)25-23-13-17-9-10-19(20(11-17)27-2)29-14-16-7-5-4-6-8-16/h4-11,13,15H,3,12,14H2,1-2H3,(H,24,25). The first-order chi connectivity index (χ1) is 14.7. The van der Waals surface area contributed by atoms with Crippen LogP contribution in [-0.2, 0) is 22.6 Å². The molecule has 8 heteroatoms. The summed E-state index contributed by atoms with van der Waals surface area (Å²) in [5, 5.41) is 6.60. The molecule has 0 atom stereocenters. The van der Waals surface area contributed by atoms with Crippen LogP contribution in [0.25, 0.3) is 0 Å². The number of carbonyl (C=O) groups excluding carboxylic acids is 1. The summed E-state index contributed by atoms with van der Waals surface area (Å²) < 4.78 is 16.2. The van der Waals surface area contributed by atoms with Crippen LogP contribution in [0.5, 0.6) is 11.5 Å². The molecule has 0 fully saturated rings. The number of benzene rings is 2. The first-order valence-corrected chi connectivity index (χ1v) is 10.3. The van der Waals surface area contributed by atoms with E-state index in [2.05, 4.69) is 15.5 Å². The van der Waals surface area contributed by atoms with Crippen molar-refractivity contribution in [3.05, 3.63) is 70.7 Å². The lowest BCUT2D eigenvalue weighted by Gasteiger charge is -2.11. The predicted octanol–water partition coefficient (Wildman–Crippen LogP) is 4.28. The summed E-state index contributed by atoms with van der Waals surface area (Å²) in [4.78, 5) is 15.8. The highest BCUT2D eigenvalue weighted by atomic mass is 32.1. The van der Waals surface area contributed by atoms with Crippen molar-refractivity contribution in [2.75, 3.05) is 19.1 Å². The Balaban J connectivity index is 1.56. The van der Waals surface area contributed by atoms with E-state index in [-0.39, 0.29) is 12.4 Å². The maximum Gasteiger partial charge on any atom is 0.311 e. The highest BCUT2D eigenvalue weighted by molar-refractivity contribution is 7.13. The van der Waals surface area contributed by atoms with Crippen molar-refractivity contribution in [1.82, 2.24) is 4.98 Å². The molecule has 0 aliphatic carbocycles. The number of nitrogens with one attached hydrogen (secondary N) is 1. The SMILES string of the molecule is CCOC(=O)Cc1csc(NN=Cc2ccc(OCc3ccccc3)c(OC)c2)n1. The zero-order chi connectivity index (χ0) is 21.2. The summed E-state index contributed by atoms with van der Waals surface area (Å²) in [5.74, 6) is 0.996. The summed E-state index contributed by atoms with van der Waals surface area (Å²) in [7, 11) is 1.60. The molecule has 2 aromatic carbocycles. The van der Waals surface area contributed by atoms with Crippen LogP contribution in [0.3, 0.4) is 0 Å². The minimum atomic E-state index is -0.292. The Labute approximate surface area is 179 Å². The zero-order valence-electron chi connectivity index (χ0n) is 16.8. The summed E-state index contributed by atoms with van der Waals surface area (Å²) in [6.45, 7) is 2.60. The second kappa shape index (κ2) is 11.0. The number of esters is 1. The van der Waals surface area contributed by atoms with E-state index in [0.29, 0.717) is 35.5 Å². The second-order valence-corrected chi connectivity index (χ2v) is 7.04. The number of ether oxygens (including phenoxy) is 3. The number of hydrazone groups is 1. The van der Waals surface area contributed by atoms with Crippen LogP contribution in [-0.4, -0.2) is 30.9 Å². The zero-order valence-corrected chi connectivity index (χ0v) is 17.6. The lowest BCUT2D eigenvalue weighted by Crippen LogP contribution is -2.07. The van der Waals surface area contributed by atoms with E-state index in [0.717, 1.165) is 11.1 Å². The molecule has 1 heterocycles. The summed E-state index contributed by atoms with van der Waals surface area (Å²) in [6.07, 6.45) is 1.81. The van der Waals surface area contributed by atoms with Gasteiger partial charge in [0.05, 0.1) is 32.0 Å². The molecule has 0 unspecified atom stereocenters. The molecule has 0 saturated heterocycles. The lowest BCUT2D eigenvalue weighted by molar-refractivity contribution is -0.142. The number of carbonyl (C=O) groups is 1. The van der Waals surface area contributed by atoms with Crippen molar-refractivity contribution >= 4 is 28.7 Å². The average Bonchev–Trinajstić information content (AvgIpc) is 3.20. The van der Waals surface area contributed by atoms with Crippen molar-refractivity contribution in [3.8, 4) is 11.5 Å². The van der Waals surface area contributed by atoms with Crippen molar-refractivity contribution in [1.29, 1.82) is 0 Å². The number of thiazole rings is 1. The first-order valence-electron chi connectivity index (χ1n) is 9.41. The van der Waals surface area contributed by atoms with Gasteiger partial charge in [-0.3, -0.25) is 10.2 Å². The molecule has 3 aromatic rings. The van der Waals surface area contributed by atoms with Crippen LogP contribution in [0.15, 0.2) is 59.0 Å². The van der Waals surface area contributed by atoms with Crippen molar-refractivity contribution < 1.29 is 19.0 Å². The maximum atomic E-state index is 11.5. The van der Waals surface area contributed by atoms with Gasteiger partial charge in [-0.1, -0.05) is 30.3 Å². The van der Waals surface area contributed by atoms with E-state index in [9.17, 15) is 4.79 Å². The highest BCUT2D eigenvalue weighted by Crippen LogP contribution is 2.28. The van der Waals surface area contributed by atoms with Crippen LogP contribution in [0.1, 0.15) is 23.7 Å². The lowest BCUT2D eigenvalue weighted by atomic mass is 10.2. The van der Waals surface area contributed by atoms with Gasteiger partial charge in [-0.15, -0.1) is 11.3 Å². The topological polar surface area (TPSA) is 82.0 Å². The number of methoxy groups -OCH3 is 1. The van der Waals surface area contributed by atoms with E-state index in [4.69, 9.17) is 14.2 Å². The molecule has 0 spiro atoms. The fourth-order valence-corrected chi connectivity index (χ4v) is 3.24. The molecule has 0 bridgehead atoms. The predicted molar refractivity (Wildman–Crippen MR) is 117 cm³/mol. The second-order valence-electron chi connectivity index (χ2n) is 6.18. The normalized spacial score (nSPS) is 10.7. The molecule has 0 aliphatic heterocycles. The van der Waals surface area contributed by atoms with Gasteiger partial charge in [0.25, 0.3) is 0 Å². The smallest absolute Gasteiger partial charge is 0.311 e. The number of rotatable bonds is 10. The maximum absolute atomic E-state index is 11.5.